The largest absolute Gasteiger partial charge is 0.478 e. The molecule has 2 N–H and O–H groups in total. The first-order valence-electron chi connectivity index (χ1n) is 7.63. The Balaban J connectivity index is 1.98. The van der Waals surface area contributed by atoms with Gasteiger partial charge in [-0.1, -0.05) is 30.3 Å². The summed E-state index contributed by atoms with van der Waals surface area (Å²) in [5.41, 5.74) is 3.40. The number of H-pyrrole nitrogens is 1. The average Bonchev–Trinajstić information content (AvgIpc) is 3.03. The van der Waals surface area contributed by atoms with Crippen molar-refractivity contribution in [3.63, 3.8) is 0 Å². The number of hydrogen-bond donors (Lipinski definition) is 2. The fourth-order valence-corrected chi connectivity index (χ4v) is 2.86. The second-order valence-electron chi connectivity index (χ2n) is 5.56. The monoisotopic (exact) mass is 331 g/mol. The lowest BCUT2D eigenvalue weighted by Crippen LogP contribution is -2.09. The van der Waals surface area contributed by atoms with Crippen LogP contribution in [-0.2, 0) is 0 Å². The topological polar surface area (TPSA) is 88.0 Å². The summed E-state index contributed by atoms with van der Waals surface area (Å²) >= 11 is 0. The van der Waals surface area contributed by atoms with Crippen molar-refractivity contribution < 1.29 is 9.90 Å². The predicted molar refractivity (Wildman–Crippen MR) is 94.1 cm³/mol. The molecule has 4 rings (SSSR count). The van der Waals surface area contributed by atoms with Gasteiger partial charge in [0.25, 0.3) is 5.56 Å². The van der Waals surface area contributed by atoms with Gasteiger partial charge in [-0.3, -0.25) is 4.79 Å². The first-order valence-corrected chi connectivity index (χ1v) is 7.63. The number of aromatic nitrogens is 3. The van der Waals surface area contributed by atoms with E-state index in [4.69, 9.17) is 5.11 Å². The van der Waals surface area contributed by atoms with Crippen molar-refractivity contribution in [2.75, 3.05) is 0 Å². The van der Waals surface area contributed by atoms with E-state index in [0.717, 1.165) is 16.8 Å². The van der Waals surface area contributed by atoms with Gasteiger partial charge in [0.05, 0.1) is 11.9 Å². The number of carboxylic acids is 1. The van der Waals surface area contributed by atoms with E-state index in [1.54, 1.807) is 16.7 Å². The molecule has 2 aromatic heterocycles. The Kier molecular flexibility index (Phi) is 3.43. The van der Waals surface area contributed by atoms with Crippen LogP contribution in [0.4, 0.5) is 0 Å². The number of aromatic carboxylic acids is 1. The quantitative estimate of drug-likeness (QED) is 0.604. The molecule has 0 amide bonds. The van der Waals surface area contributed by atoms with Crippen LogP contribution in [-0.4, -0.2) is 25.6 Å². The molecule has 0 unspecified atom stereocenters. The molecule has 25 heavy (non-hydrogen) atoms. The number of fused-ring (bicyclic) bond motifs is 1. The molecule has 0 saturated carbocycles. The molecular weight excluding hydrogens is 318 g/mol. The van der Waals surface area contributed by atoms with Gasteiger partial charge in [-0.05, 0) is 29.8 Å². The minimum absolute atomic E-state index is 0.210. The zero-order chi connectivity index (χ0) is 17.4. The normalized spacial score (nSPS) is 10.9. The molecule has 0 saturated heterocycles. The molecular formula is C19H13N3O3. The highest BCUT2D eigenvalue weighted by atomic mass is 16.4. The van der Waals surface area contributed by atoms with Gasteiger partial charge in [0, 0.05) is 17.4 Å². The minimum atomic E-state index is -0.979. The molecule has 6 heteroatoms. The summed E-state index contributed by atoms with van der Waals surface area (Å²) in [7, 11) is 0. The molecule has 0 bridgehead atoms. The van der Waals surface area contributed by atoms with Crippen LogP contribution < -0.4 is 5.56 Å². The standard InChI is InChI=1S/C19H13N3O3/c23-18-17-16(20-11-21-18)15(10-22(17)14-4-2-1-3-5-14)12-6-8-13(9-7-12)19(24)25/h1-11H,(H,24,25)(H,20,21,23). The molecule has 2 heterocycles. The van der Waals surface area contributed by atoms with Crippen molar-refractivity contribution in [3.05, 3.63) is 83.0 Å². The lowest BCUT2D eigenvalue weighted by molar-refractivity contribution is 0.0697. The number of para-hydroxylation sites is 1. The van der Waals surface area contributed by atoms with Crippen molar-refractivity contribution in [1.29, 1.82) is 0 Å². The fraction of sp³-hybridized carbons (Fsp3) is 0. The first kappa shape index (κ1) is 14.9. The van der Waals surface area contributed by atoms with E-state index in [-0.39, 0.29) is 11.1 Å². The highest BCUT2D eigenvalue weighted by Gasteiger charge is 2.16. The number of carbonyl (C=O) groups is 1. The van der Waals surface area contributed by atoms with E-state index in [0.29, 0.717) is 11.0 Å². The number of nitrogens with one attached hydrogen (secondary N) is 1. The van der Waals surface area contributed by atoms with Crippen LogP contribution in [0.2, 0.25) is 0 Å². The van der Waals surface area contributed by atoms with Gasteiger partial charge in [0.1, 0.15) is 11.0 Å². The smallest absolute Gasteiger partial charge is 0.335 e. The Bertz CT molecular complexity index is 1130. The van der Waals surface area contributed by atoms with E-state index >= 15 is 0 Å². The van der Waals surface area contributed by atoms with Gasteiger partial charge in [-0.2, -0.15) is 0 Å². The molecule has 122 valence electrons. The molecule has 6 nitrogen and oxygen atoms in total. The Morgan fingerprint density at radius 2 is 1.76 bits per heavy atom. The maximum absolute atomic E-state index is 12.4. The van der Waals surface area contributed by atoms with Gasteiger partial charge in [0.15, 0.2) is 0 Å². The lowest BCUT2D eigenvalue weighted by Gasteiger charge is -2.03. The predicted octanol–water partition coefficient (Wildman–Crippen LogP) is 3.08. The Morgan fingerprint density at radius 3 is 2.44 bits per heavy atom. The van der Waals surface area contributed by atoms with E-state index in [1.165, 1.54) is 18.5 Å². The second kappa shape index (κ2) is 5.76. The van der Waals surface area contributed by atoms with Crippen molar-refractivity contribution in [3.8, 4) is 16.8 Å². The number of hydrogen-bond acceptors (Lipinski definition) is 3. The number of benzene rings is 2. The summed E-state index contributed by atoms with van der Waals surface area (Å²) in [5.74, 6) is -0.979. The lowest BCUT2D eigenvalue weighted by atomic mass is 10.1. The van der Waals surface area contributed by atoms with Crippen LogP contribution in [0, 0.1) is 0 Å². The second-order valence-corrected chi connectivity index (χ2v) is 5.56. The van der Waals surface area contributed by atoms with Crippen molar-refractivity contribution >= 4 is 17.0 Å². The molecule has 0 spiro atoms. The zero-order valence-electron chi connectivity index (χ0n) is 13.0. The zero-order valence-corrected chi connectivity index (χ0v) is 13.0. The summed E-state index contributed by atoms with van der Waals surface area (Å²) in [6.07, 6.45) is 3.22. The molecule has 0 fully saturated rings. The third-order valence-corrected chi connectivity index (χ3v) is 4.06. The van der Waals surface area contributed by atoms with Crippen LogP contribution in [0.15, 0.2) is 71.9 Å². The van der Waals surface area contributed by atoms with Gasteiger partial charge in [0.2, 0.25) is 0 Å². The van der Waals surface area contributed by atoms with E-state index in [1.807, 2.05) is 36.5 Å². The summed E-state index contributed by atoms with van der Waals surface area (Å²) in [6, 6.07) is 16.0. The Labute approximate surface area is 142 Å². The van der Waals surface area contributed by atoms with Crippen LogP contribution in [0.1, 0.15) is 10.4 Å². The first-order chi connectivity index (χ1) is 12.1. The molecule has 0 aliphatic carbocycles. The number of nitrogens with zero attached hydrogens (tertiary/aromatic N) is 2. The molecule has 4 aromatic rings. The summed E-state index contributed by atoms with van der Waals surface area (Å²) in [4.78, 5) is 30.3. The molecule has 0 aliphatic heterocycles. The van der Waals surface area contributed by atoms with Crippen LogP contribution in [0.3, 0.4) is 0 Å². The van der Waals surface area contributed by atoms with E-state index in [2.05, 4.69) is 9.97 Å². The third-order valence-electron chi connectivity index (χ3n) is 4.06. The van der Waals surface area contributed by atoms with Gasteiger partial charge in [-0.15, -0.1) is 0 Å². The highest BCUT2D eigenvalue weighted by molar-refractivity contribution is 5.94. The molecule has 0 aliphatic rings. The Hall–Kier alpha value is -3.67. The SMILES string of the molecule is O=C(O)c1ccc(-c2cn(-c3ccccc3)c3c(=O)[nH]cnc23)cc1. The maximum Gasteiger partial charge on any atom is 0.335 e. The van der Waals surface area contributed by atoms with Gasteiger partial charge < -0.3 is 14.7 Å². The van der Waals surface area contributed by atoms with E-state index in [9.17, 15) is 9.59 Å². The van der Waals surface area contributed by atoms with Crippen molar-refractivity contribution in [1.82, 2.24) is 14.5 Å². The fourth-order valence-electron chi connectivity index (χ4n) is 2.86. The molecule has 0 atom stereocenters. The minimum Gasteiger partial charge on any atom is -0.478 e. The third kappa shape index (κ3) is 2.49. The summed E-state index contributed by atoms with van der Waals surface area (Å²) < 4.78 is 1.79. The van der Waals surface area contributed by atoms with Crippen LogP contribution >= 0.6 is 0 Å². The number of rotatable bonds is 3. The Morgan fingerprint density at radius 1 is 1.04 bits per heavy atom. The van der Waals surface area contributed by atoms with Crippen LogP contribution in [0.5, 0.6) is 0 Å². The van der Waals surface area contributed by atoms with Crippen LogP contribution in [0.25, 0.3) is 27.8 Å². The van der Waals surface area contributed by atoms with Gasteiger partial charge >= 0.3 is 5.97 Å². The van der Waals surface area contributed by atoms with Crippen molar-refractivity contribution in [2.24, 2.45) is 0 Å². The molecule has 0 radical (unpaired) electrons. The van der Waals surface area contributed by atoms with E-state index < -0.39 is 5.97 Å². The summed E-state index contributed by atoms with van der Waals surface area (Å²) in [5, 5.41) is 9.05. The highest BCUT2D eigenvalue weighted by Crippen LogP contribution is 2.29. The van der Waals surface area contributed by atoms with Crippen molar-refractivity contribution in [2.45, 2.75) is 0 Å². The molecule has 2 aromatic carbocycles. The summed E-state index contributed by atoms with van der Waals surface area (Å²) in [6.45, 7) is 0. The number of aromatic amines is 1. The average molecular weight is 331 g/mol. The maximum atomic E-state index is 12.4. The number of carboxylic acid groups (broad SMARTS) is 1. The van der Waals surface area contributed by atoms with Gasteiger partial charge in [-0.25, -0.2) is 9.78 Å².